The summed E-state index contributed by atoms with van der Waals surface area (Å²) in [6.07, 6.45) is 1.27. The van der Waals surface area contributed by atoms with Crippen molar-refractivity contribution in [3.8, 4) is 0 Å². The van der Waals surface area contributed by atoms with Gasteiger partial charge in [0.15, 0.2) is 0 Å². The second-order valence-electron chi connectivity index (χ2n) is 5.93. The molecule has 3 aromatic rings. The Balaban J connectivity index is 1.51. The molecule has 0 spiro atoms. The average Bonchev–Trinajstić information content (AvgIpc) is 3.31. The summed E-state index contributed by atoms with van der Waals surface area (Å²) >= 11 is 0. The highest BCUT2D eigenvalue weighted by Crippen LogP contribution is 2.24. The normalized spacial score (nSPS) is 12.6. The number of nitrogens with zero attached hydrogens (tertiary/aromatic N) is 5. The SMILES string of the molecule is O=C(Cn1cnnn1)Nc1ccccc1C(=O)ON1C(=O)c2ccccc2C1=O. The number of fused-ring (bicyclic) bond motifs is 1. The summed E-state index contributed by atoms with van der Waals surface area (Å²) < 4.78 is 1.20. The predicted octanol–water partition coefficient (Wildman–Crippen LogP) is 0.680. The predicted molar refractivity (Wildman–Crippen MR) is 95.2 cm³/mol. The van der Waals surface area contributed by atoms with E-state index in [0.29, 0.717) is 5.06 Å². The van der Waals surface area contributed by atoms with Gasteiger partial charge in [0.2, 0.25) is 5.91 Å². The first-order valence-corrected chi connectivity index (χ1v) is 8.34. The summed E-state index contributed by atoms with van der Waals surface area (Å²) in [5.41, 5.74) is 0.406. The molecule has 11 heteroatoms. The molecule has 0 fully saturated rings. The van der Waals surface area contributed by atoms with Gasteiger partial charge in [0.1, 0.15) is 12.9 Å². The summed E-state index contributed by atoms with van der Waals surface area (Å²) in [7, 11) is 0. The maximum absolute atomic E-state index is 12.6. The smallest absolute Gasteiger partial charge is 0.324 e. The van der Waals surface area contributed by atoms with Crippen molar-refractivity contribution < 1.29 is 24.0 Å². The highest BCUT2D eigenvalue weighted by Gasteiger charge is 2.39. The molecule has 11 nitrogen and oxygen atoms in total. The molecule has 0 unspecified atom stereocenters. The van der Waals surface area contributed by atoms with Crippen LogP contribution in [0.1, 0.15) is 31.1 Å². The van der Waals surface area contributed by atoms with Gasteiger partial charge < -0.3 is 10.2 Å². The first-order valence-electron chi connectivity index (χ1n) is 8.34. The molecule has 0 radical (unpaired) electrons. The van der Waals surface area contributed by atoms with Gasteiger partial charge in [0.05, 0.1) is 22.4 Å². The molecule has 0 saturated carbocycles. The number of benzene rings is 2. The lowest BCUT2D eigenvalue weighted by Crippen LogP contribution is -2.33. The van der Waals surface area contributed by atoms with E-state index in [4.69, 9.17) is 4.84 Å². The quantitative estimate of drug-likeness (QED) is 0.626. The van der Waals surface area contributed by atoms with Crippen molar-refractivity contribution in [2.45, 2.75) is 6.54 Å². The summed E-state index contributed by atoms with van der Waals surface area (Å²) in [5.74, 6) is -2.94. The van der Waals surface area contributed by atoms with Crippen molar-refractivity contribution in [2.24, 2.45) is 0 Å². The van der Waals surface area contributed by atoms with Crippen molar-refractivity contribution in [3.05, 3.63) is 71.5 Å². The van der Waals surface area contributed by atoms with Gasteiger partial charge in [-0.2, -0.15) is 0 Å². The number of hydrogen-bond acceptors (Lipinski definition) is 8. The minimum Gasteiger partial charge on any atom is -0.324 e. The van der Waals surface area contributed by atoms with Crippen LogP contribution < -0.4 is 5.32 Å². The molecule has 1 aromatic heterocycles. The Hall–Kier alpha value is -4.41. The van der Waals surface area contributed by atoms with Crippen molar-refractivity contribution in [3.63, 3.8) is 0 Å². The van der Waals surface area contributed by atoms with Gasteiger partial charge in [-0.25, -0.2) is 9.48 Å². The number of carbonyl (C=O) groups excluding carboxylic acids is 4. The molecular weight excluding hydrogens is 380 g/mol. The first-order chi connectivity index (χ1) is 14.0. The second kappa shape index (κ2) is 7.31. The first kappa shape index (κ1) is 18.0. The molecule has 3 amide bonds. The molecule has 144 valence electrons. The summed E-state index contributed by atoms with van der Waals surface area (Å²) in [6.45, 7) is -0.172. The average molecular weight is 392 g/mol. The van der Waals surface area contributed by atoms with Crippen molar-refractivity contribution in [1.29, 1.82) is 0 Å². The third-order valence-electron chi connectivity index (χ3n) is 4.05. The van der Waals surface area contributed by atoms with Gasteiger partial charge in [-0.15, -0.1) is 5.10 Å². The van der Waals surface area contributed by atoms with Crippen LogP contribution in [0.15, 0.2) is 54.9 Å². The Labute approximate surface area is 162 Å². The molecule has 0 saturated heterocycles. The number of tetrazole rings is 1. The topological polar surface area (TPSA) is 136 Å². The van der Waals surface area contributed by atoms with Gasteiger partial charge in [-0.1, -0.05) is 29.3 Å². The van der Waals surface area contributed by atoms with E-state index in [-0.39, 0.29) is 28.9 Å². The molecule has 0 bridgehead atoms. The van der Waals surface area contributed by atoms with E-state index in [9.17, 15) is 19.2 Å². The fourth-order valence-corrected chi connectivity index (χ4v) is 2.74. The number of imide groups is 1. The highest BCUT2D eigenvalue weighted by molar-refractivity contribution is 6.21. The van der Waals surface area contributed by atoms with E-state index in [0.717, 1.165) is 0 Å². The van der Waals surface area contributed by atoms with Crippen LogP contribution in [-0.4, -0.2) is 49.0 Å². The molecule has 2 heterocycles. The molecule has 29 heavy (non-hydrogen) atoms. The number of aromatic nitrogens is 4. The number of para-hydroxylation sites is 1. The molecule has 1 N–H and O–H groups in total. The standard InChI is InChI=1S/C18H12N6O5/c25-15(9-23-10-19-21-22-23)20-14-8-4-3-7-13(14)18(28)29-24-16(26)11-5-1-2-6-12(11)17(24)27/h1-8,10H,9H2,(H,20,25). The largest absolute Gasteiger partial charge is 0.366 e. The lowest BCUT2D eigenvalue weighted by Gasteiger charge is -2.15. The molecule has 1 aliphatic heterocycles. The zero-order valence-corrected chi connectivity index (χ0v) is 14.7. The van der Waals surface area contributed by atoms with Crippen LogP contribution in [0, 0.1) is 0 Å². The Morgan fingerprint density at radius 1 is 0.966 bits per heavy atom. The van der Waals surface area contributed by atoms with Crippen LogP contribution in [-0.2, 0) is 16.2 Å². The van der Waals surface area contributed by atoms with Crippen molar-refractivity contribution >= 4 is 29.4 Å². The lowest BCUT2D eigenvalue weighted by atomic mass is 10.1. The summed E-state index contributed by atoms with van der Waals surface area (Å²) in [4.78, 5) is 54.5. The fraction of sp³-hybridized carbons (Fsp3) is 0.0556. The zero-order chi connectivity index (χ0) is 20.4. The van der Waals surface area contributed by atoms with Crippen LogP contribution in [0.3, 0.4) is 0 Å². The minimum absolute atomic E-state index is 0.0332. The molecule has 1 aliphatic rings. The Kier molecular flexibility index (Phi) is 4.53. The van der Waals surface area contributed by atoms with Crippen LogP contribution in [0.5, 0.6) is 0 Å². The minimum atomic E-state index is -0.974. The van der Waals surface area contributed by atoms with E-state index < -0.39 is 23.7 Å². The Morgan fingerprint density at radius 3 is 2.28 bits per heavy atom. The summed E-state index contributed by atoms with van der Waals surface area (Å²) in [5, 5.41) is 13.4. The highest BCUT2D eigenvalue weighted by atomic mass is 16.7. The Morgan fingerprint density at radius 2 is 1.62 bits per heavy atom. The van der Waals surface area contributed by atoms with Gasteiger partial charge >= 0.3 is 5.97 Å². The van der Waals surface area contributed by atoms with Crippen LogP contribution >= 0.6 is 0 Å². The molecule has 4 rings (SSSR count). The number of carbonyl (C=O) groups is 4. The fourth-order valence-electron chi connectivity index (χ4n) is 2.74. The zero-order valence-electron chi connectivity index (χ0n) is 14.7. The van der Waals surface area contributed by atoms with E-state index in [2.05, 4.69) is 20.8 Å². The van der Waals surface area contributed by atoms with Gasteiger partial charge in [0.25, 0.3) is 11.8 Å². The monoisotopic (exact) mass is 392 g/mol. The van der Waals surface area contributed by atoms with Crippen LogP contribution in [0.4, 0.5) is 5.69 Å². The van der Waals surface area contributed by atoms with E-state index >= 15 is 0 Å². The lowest BCUT2D eigenvalue weighted by molar-refractivity contribution is -0.116. The number of amides is 3. The summed E-state index contributed by atoms with van der Waals surface area (Å²) in [6, 6.07) is 12.2. The molecule has 2 aromatic carbocycles. The molecule has 0 aliphatic carbocycles. The van der Waals surface area contributed by atoms with Crippen LogP contribution in [0.25, 0.3) is 0 Å². The molecule has 0 atom stereocenters. The van der Waals surface area contributed by atoms with Crippen molar-refractivity contribution in [2.75, 3.05) is 5.32 Å². The second-order valence-corrected chi connectivity index (χ2v) is 5.93. The number of anilines is 1. The number of rotatable bonds is 5. The van der Waals surface area contributed by atoms with E-state index in [1.807, 2.05) is 0 Å². The maximum atomic E-state index is 12.6. The van der Waals surface area contributed by atoms with Crippen LogP contribution in [0.2, 0.25) is 0 Å². The van der Waals surface area contributed by atoms with Crippen molar-refractivity contribution in [1.82, 2.24) is 25.3 Å². The van der Waals surface area contributed by atoms with E-state index in [1.54, 1.807) is 24.3 Å². The van der Waals surface area contributed by atoms with Gasteiger partial charge in [-0.3, -0.25) is 14.4 Å². The number of hydrogen-bond donors (Lipinski definition) is 1. The third-order valence-corrected chi connectivity index (χ3v) is 4.05. The number of hydroxylamine groups is 2. The third kappa shape index (κ3) is 3.43. The van der Waals surface area contributed by atoms with E-state index in [1.165, 1.54) is 35.3 Å². The van der Waals surface area contributed by atoms with Gasteiger partial charge in [0, 0.05) is 0 Å². The maximum Gasteiger partial charge on any atom is 0.366 e. The van der Waals surface area contributed by atoms with Gasteiger partial charge in [-0.05, 0) is 34.7 Å². The molecular formula is C18H12N6O5. The Bertz CT molecular complexity index is 1090. The number of nitrogens with one attached hydrogen (secondary N) is 1.